The van der Waals surface area contributed by atoms with Gasteiger partial charge in [0.2, 0.25) is 0 Å². The van der Waals surface area contributed by atoms with Gasteiger partial charge >= 0.3 is 0 Å². The number of thiocarbonyl (C=S) groups is 1. The Bertz CT molecular complexity index is 688. The molecule has 0 radical (unpaired) electrons. The Kier molecular flexibility index (Phi) is 5.02. The standard InChI is InChI=1S/C14H19N3O3S2/c1-3-15-14(21)17-10-6-9-16(17)13(18)11-7-4-5-8-12(11)22(2,19)20/h4-5,7-8H,3,6,9-10H2,1-2H3,(H,15,21). The van der Waals surface area contributed by atoms with E-state index < -0.39 is 9.84 Å². The Hall–Kier alpha value is -1.67. The number of hydrazine groups is 1. The van der Waals surface area contributed by atoms with Crippen LogP contribution in [0.3, 0.4) is 0 Å². The molecule has 1 amide bonds. The highest BCUT2D eigenvalue weighted by atomic mass is 32.2. The van der Waals surface area contributed by atoms with E-state index in [-0.39, 0.29) is 16.4 Å². The molecule has 1 heterocycles. The maximum atomic E-state index is 12.8. The lowest BCUT2D eigenvalue weighted by atomic mass is 10.2. The molecule has 1 saturated heterocycles. The first kappa shape index (κ1) is 16.7. The van der Waals surface area contributed by atoms with Gasteiger partial charge in [-0.15, -0.1) is 0 Å². The van der Waals surface area contributed by atoms with Crippen molar-refractivity contribution in [2.24, 2.45) is 0 Å². The van der Waals surface area contributed by atoms with Gasteiger partial charge in [-0.2, -0.15) is 0 Å². The third-order valence-corrected chi connectivity index (χ3v) is 4.86. The number of sulfone groups is 1. The Morgan fingerprint density at radius 3 is 2.55 bits per heavy atom. The SMILES string of the molecule is CCNC(=S)N1CCCN1C(=O)c1ccccc1S(C)(=O)=O. The summed E-state index contributed by atoms with van der Waals surface area (Å²) in [5.41, 5.74) is 0.177. The zero-order valence-corrected chi connectivity index (χ0v) is 14.2. The number of hydrogen-bond acceptors (Lipinski definition) is 4. The lowest BCUT2D eigenvalue weighted by Crippen LogP contribution is -2.49. The van der Waals surface area contributed by atoms with Gasteiger partial charge in [0, 0.05) is 25.9 Å². The van der Waals surface area contributed by atoms with Crippen LogP contribution in [0.25, 0.3) is 0 Å². The molecule has 22 heavy (non-hydrogen) atoms. The third kappa shape index (κ3) is 3.38. The maximum Gasteiger partial charge on any atom is 0.273 e. The monoisotopic (exact) mass is 341 g/mol. The van der Waals surface area contributed by atoms with Gasteiger partial charge in [-0.3, -0.25) is 9.80 Å². The lowest BCUT2D eigenvalue weighted by molar-refractivity contribution is 0.0488. The van der Waals surface area contributed by atoms with Gasteiger partial charge in [0.15, 0.2) is 14.9 Å². The number of hydrogen-bond donors (Lipinski definition) is 1. The van der Waals surface area contributed by atoms with Gasteiger partial charge < -0.3 is 5.32 Å². The molecular weight excluding hydrogens is 322 g/mol. The van der Waals surface area contributed by atoms with E-state index in [4.69, 9.17) is 12.2 Å². The zero-order chi connectivity index (χ0) is 16.3. The van der Waals surface area contributed by atoms with Gasteiger partial charge in [0.05, 0.1) is 10.5 Å². The fourth-order valence-electron chi connectivity index (χ4n) is 2.38. The second kappa shape index (κ2) is 6.62. The van der Waals surface area contributed by atoms with E-state index in [1.54, 1.807) is 17.1 Å². The molecule has 0 atom stereocenters. The van der Waals surface area contributed by atoms with E-state index in [9.17, 15) is 13.2 Å². The van der Waals surface area contributed by atoms with E-state index in [1.807, 2.05) is 6.92 Å². The van der Waals surface area contributed by atoms with Crippen LogP contribution in [-0.2, 0) is 9.84 Å². The Balaban J connectivity index is 2.34. The molecule has 0 saturated carbocycles. The second-order valence-electron chi connectivity index (χ2n) is 5.01. The molecule has 120 valence electrons. The summed E-state index contributed by atoms with van der Waals surface area (Å²) in [5.74, 6) is -0.348. The zero-order valence-electron chi connectivity index (χ0n) is 12.6. The molecule has 6 nitrogen and oxygen atoms in total. The summed E-state index contributed by atoms with van der Waals surface area (Å²) >= 11 is 5.27. The first-order valence-electron chi connectivity index (χ1n) is 7.02. The molecule has 2 rings (SSSR count). The molecule has 1 fully saturated rings. The quantitative estimate of drug-likeness (QED) is 0.829. The van der Waals surface area contributed by atoms with Gasteiger partial charge in [-0.25, -0.2) is 13.4 Å². The molecule has 1 aromatic carbocycles. The highest BCUT2D eigenvalue weighted by Gasteiger charge is 2.31. The predicted molar refractivity (Wildman–Crippen MR) is 88.2 cm³/mol. The van der Waals surface area contributed by atoms with Crippen molar-refractivity contribution in [3.63, 3.8) is 0 Å². The summed E-state index contributed by atoms with van der Waals surface area (Å²) in [7, 11) is -3.47. The Labute approximate surface area is 136 Å². The predicted octanol–water partition coefficient (Wildman–Crippen LogP) is 1.05. The smallest absolute Gasteiger partial charge is 0.273 e. The van der Waals surface area contributed by atoms with Crippen molar-refractivity contribution >= 4 is 33.1 Å². The minimum absolute atomic E-state index is 0.0428. The molecule has 1 aliphatic rings. The largest absolute Gasteiger partial charge is 0.361 e. The van der Waals surface area contributed by atoms with Crippen LogP contribution >= 0.6 is 12.2 Å². The first-order chi connectivity index (χ1) is 10.4. The summed E-state index contributed by atoms with van der Waals surface area (Å²) in [5, 5.41) is 6.69. The highest BCUT2D eigenvalue weighted by molar-refractivity contribution is 7.90. The van der Waals surface area contributed by atoms with E-state index in [2.05, 4.69) is 5.32 Å². The summed E-state index contributed by atoms with van der Waals surface area (Å²) in [6.45, 7) is 3.74. The normalized spacial score (nSPS) is 15.0. The van der Waals surface area contributed by atoms with Crippen molar-refractivity contribution < 1.29 is 13.2 Å². The summed E-state index contributed by atoms with van der Waals surface area (Å²) in [6, 6.07) is 6.25. The van der Waals surface area contributed by atoms with E-state index in [0.717, 1.165) is 12.7 Å². The fraction of sp³-hybridized carbons (Fsp3) is 0.429. The van der Waals surface area contributed by atoms with Crippen LogP contribution in [-0.4, -0.2) is 55.3 Å². The maximum absolute atomic E-state index is 12.8. The van der Waals surface area contributed by atoms with Crippen LogP contribution in [0.1, 0.15) is 23.7 Å². The van der Waals surface area contributed by atoms with Crippen molar-refractivity contribution in [2.45, 2.75) is 18.2 Å². The van der Waals surface area contributed by atoms with Crippen molar-refractivity contribution in [1.29, 1.82) is 0 Å². The fourth-order valence-corrected chi connectivity index (χ4v) is 3.60. The van der Waals surface area contributed by atoms with Gasteiger partial charge in [-0.1, -0.05) is 12.1 Å². The van der Waals surface area contributed by atoms with Crippen molar-refractivity contribution in [1.82, 2.24) is 15.3 Å². The highest BCUT2D eigenvalue weighted by Crippen LogP contribution is 2.21. The van der Waals surface area contributed by atoms with E-state index >= 15 is 0 Å². The van der Waals surface area contributed by atoms with Crippen molar-refractivity contribution in [3.05, 3.63) is 29.8 Å². The minimum atomic E-state index is -3.47. The van der Waals surface area contributed by atoms with Gasteiger partial charge in [0.25, 0.3) is 5.91 Å². The Morgan fingerprint density at radius 1 is 1.27 bits per heavy atom. The van der Waals surface area contributed by atoms with Crippen molar-refractivity contribution in [2.75, 3.05) is 25.9 Å². The molecule has 0 bridgehead atoms. The average molecular weight is 341 g/mol. The van der Waals surface area contributed by atoms with Crippen LogP contribution in [0.5, 0.6) is 0 Å². The number of nitrogens with one attached hydrogen (secondary N) is 1. The van der Waals surface area contributed by atoms with E-state index in [0.29, 0.717) is 24.7 Å². The van der Waals surface area contributed by atoms with Crippen LogP contribution in [0.4, 0.5) is 0 Å². The molecule has 0 aliphatic carbocycles. The number of nitrogens with zero attached hydrogens (tertiary/aromatic N) is 2. The second-order valence-corrected chi connectivity index (χ2v) is 7.38. The molecular formula is C14H19N3O3S2. The molecule has 0 unspecified atom stereocenters. The molecule has 8 heteroatoms. The summed E-state index contributed by atoms with van der Waals surface area (Å²) in [6.07, 6.45) is 1.89. The van der Waals surface area contributed by atoms with Gasteiger partial charge in [-0.05, 0) is 37.7 Å². The molecule has 0 spiro atoms. The summed E-state index contributed by atoms with van der Waals surface area (Å²) < 4.78 is 23.7. The number of benzene rings is 1. The average Bonchev–Trinajstić information content (AvgIpc) is 2.95. The third-order valence-electron chi connectivity index (χ3n) is 3.35. The van der Waals surface area contributed by atoms with E-state index in [1.165, 1.54) is 17.1 Å². The number of carbonyl (C=O) groups is 1. The van der Waals surface area contributed by atoms with Crippen LogP contribution in [0.2, 0.25) is 0 Å². The molecule has 1 aromatic rings. The Morgan fingerprint density at radius 2 is 1.91 bits per heavy atom. The molecule has 1 aliphatic heterocycles. The molecule has 0 aromatic heterocycles. The number of amides is 1. The topological polar surface area (TPSA) is 69.7 Å². The first-order valence-corrected chi connectivity index (χ1v) is 9.32. The minimum Gasteiger partial charge on any atom is -0.361 e. The number of rotatable bonds is 3. The lowest BCUT2D eigenvalue weighted by Gasteiger charge is -2.30. The molecule has 1 N–H and O–H groups in total. The van der Waals surface area contributed by atoms with Gasteiger partial charge in [0.1, 0.15) is 0 Å². The van der Waals surface area contributed by atoms with Crippen LogP contribution in [0, 0.1) is 0 Å². The number of carbonyl (C=O) groups excluding carboxylic acids is 1. The van der Waals surface area contributed by atoms with Crippen LogP contribution < -0.4 is 5.32 Å². The van der Waals surface area contributed by atoms with Crippen molar-refractivity contribution in [3.8, 4) is 0 Å². The van der Waals surface area contributed by atoms with Crippen LogP contribution in [0.15, 0.2) is 29.2 Å². The summed E-state index contributed by atoms with van der Waals surface area (Å²) in [4.78, 5) is 12.8.